The van der Waals surface area contributed by atoms with Crippen LogP contribution in [0.5, 0.6) is 0 Å². The third-order valence-electron chi connectivity index (χ3n) is 2.68. The molecule has 0 atom stereocenters. The van der Waals surface area contributed by atoms with E-state index in [0.717, 1.165) is 5.89 Å². The maximum absolute atomic E-state index is 5.81. The second kappa shape index (κ2) is 2.95. The first-order valence-electron chi connectivity index (χ1n) is 4.75. The molecule has 1 saturated carbocycles. The molecule has 3 rings (SSSR count). The summed E-state index contributed by atoms with van der Waals surface area (Å²) in [7, 11) is 0. The molecular weight excluding hydrogens is 200 g/mol. The number of halogens is 1. The van der Waals surface area contributed by atoms with Gasteiger partial charge in [-0.05, 0) is 12.8 Å². The number of hydrogen-bond donors (Lipinski definition) is 0. The van der Waals surface area contributed by atoms with Gasteiger partial charge in [0.25, 0.3) is 0 Å². The monoisotopic (exact) mass is 208 g/mol. The van der Waals surface area contributed by atoms with Crippen LogP contribution in [0.1, 0.15) is 31.1 Å². The van der Waals surface area contributed by atoms with E-state index in [2.05, 4.69) is 9.97 Å². The zero-order chi connectivity index (χ0) is 9.54. The lowest BCUT2D eigenvalue weighted by Crippen LogP contribution is -2.08. The van der Waals surface area contributed by atoms with Gasteiger partial charge in [0.1, 0.15) is 0 Å². The Bertz CT molecular complexity index is 476. The van der Waals surface area contributed by atoms with Crippen LogP contribution in [-0.4, -0.2) is 9.97 Å². The second-order valence-corrected chi connectivity index (χ2v) is 4.09. The Balaban J connectivity index is 2.10. The maximum atomic E-state index is 5.81. The van der Waals surface area contributed by atoms with Crippen molar-refractivity contribution >= 4 is 22.8 Å². The van der Waals surface area contributed by atoms with E-state index in [4.69, 9.17) is 16.0 Å². The summed E-state index contributed by atoms with van der Waals surface area (Å²) in [5.74, 6) is 1.32. The smallest absolute Gasteiger partial charge is 0.200 e. The predicted molar refractivity (Wildman–Crippen MR) is 53.4 cm³/mol. The fraction of sp³-hybridized carbons (Fsp3) is 0.400. The summed E-state index contributed by atoms with van der Waals surface area (Å²) in [6.07, 6.45) is 5.23. The number of nitrogens with zero attached hydrogens (tertiary/aromatic N) is 2. The van der Waals surface area contributed by atoms with Crippen LogP contribution < -0.4 is 0 Å². The van der Waals surface area contributed by atoms with E-state index >= 15 is 0 Å². The molecule has 1 fully saturated rings. The second-order valence-electron chi connectivity index (χ2n) is 3.66. The molecule has 1 aliphatic carbocycles. The average molecular weight is 209 g/mol. The highest BCUT2D eigenvalue weighted by Crippen LogP contribution is 2.36. The number of oxazole rings is 1. The van der Waals surface area contributed by atoms with E-state index in [1.54, 1.807) is 12.3 Å². The Hall–Kier alpha value is -1.09. The minimum Gasteiger partial charge on any atom is -0.439 e. The Morgan fingerprint density at radius 2 is 2.29 bits per heavy atom. The fourth-order valence-electron chi connectivity index (χ4n) is 1.64. The molecule has 72 valence electrons. The van der Waals surface area contributed by atoms with E-state index in [-0.39, 0.29) is 0 Å². The van der Waals surface area contributed by atoms with Gasteiger partial charge in [-0.2, -0.15) is 4.98 Å². The summed E-state index contributed by atoms with van der Waals surface area (Å²) in [5, 5.41) is 0.591. The van der Waals surface area contributed by atoms with Crippen LogP contribution in [0.2, 0.25) is 5.02 Å². The summed E-state index contributed by atoms with van der Waals surface area (Å²) in [6, 6.07) is 1.76. The molecule has 0 aromatic carbocycles. The summed E-state index contributed by atoms with van der Waals surface area (Å²) >= 11 is 5.81. The standard InChI is InChI=1S/C10H9ClN2O/c11-7-4-8-9(12-5-7)13-10(14-8)6-2-1-3-6/h4-6H,1-3H2. The first kappa shape index (κ1) is 8.24. The molecule has 0 N–H and O–H groups in total. The van der Waals surface area contributed by atoms with Crippen molar-refractivity contribution in [2.45, 2.75) is 25.2 Å². The van der Waals surface area contributed by atoms with Crippen molar-refractivity contribution in [1.29, 1.82) is 0 Å². The number of pyridine rings is 1. The van der Waals surface area contributed by atoms with Crippen molar-refractivity contribution in [3.05, 3.63) is 23.2 Å². The minimum absolute atomic E-state index is 0.503. The lowest BCUT2D eigenvalue weighted by molar-refractivity contribution is 0.344. The van der Waals surface area contributed by atoms with Crippen LogP contribution in [0.15, 0.2) is 16.7 Å². The summed E-state index contributed by atoms with van der Waals surface area (Å²) in [6.45, 7) is 0. The molecule has 14 heavy (non-hydrogen) atoms. The highest BCUT2D eigenvalue weighted by molar-refractivity contribution is 6.30. The van der Waals surface area contributed by atoms with E-state index in [0.29, 0.717) is 22.2 Å². The third-order valence-corrected chi connectivity index (χ3v) is 2.89. The molecule has 0 unspecified atom stereocenters. The van der Waals surface area contributed by atoms with Crippen molar-refractivity contribution in [2.24, 2.45) is 0 Å². The Morgan fingerprint density at radius 1 is 1.43 bits per heavy atom. The number of rotatable bonds is 1. The van der Waals surface area contributed by atoms with Crippen molar-refractivity contribution in [3.63, 3.8) is 0 Å². The van der Waals surface area contributed by atoms with Gasteiger partial charge in [0, 0.05) is 18.2 Å². The maximum Gasteiger partial charge on any atom is 0.200 e. The highest BCUT2D eigenvalue weighted by atomic mass is 35.5. The van der Waals surface area contributed by atoms with Gasteiger partial charge in [-0.3, -0.25) is 0 Å². The summed E-state index contributed by atoms with van der Waals surface area (Å²) in [4.78, 5) is 8.44. The van der Waals surface area contributed by atoms with Gasteiger partial charge in [-0.15, -0.1) is 0 Å². The zero-order valence-corrected chi connectivity index (χ0v) is 8.29. The van der Waals surface area contributed by atoms with E-state index in [1.165, 1.54) is 19.3 Å². The minimum atomic E-state index is 0.503. The SMILES string of the molecule is Clc1cnc2nc(C3CCC3)oc2c1. The van der Waals surface area contributed by atoms with Crippen molar-refractivity contribution in [1.82, 2.24) is 9.97 Å². The molecule has 2 aromatic rings. The van der Waals surface area contributed by atoms with Crippen molar-refractivity contribution in [3.8, 4) is 0 Å². The molecule has 2 aromatic heterocycles. The molecule has 4 heteroatoms. The first-order valence-corrected chi connectivity index (χ1v) is 5.13. The quantitative estimate of drug-likeness (QED) is 0.723. The van der Waals surface area contributed by atoms with Gasteiger partial charge < -0.3 is 4.42 Å². The van der Waals surface area contributed by atoms with E-state index in [1.807, 2.05) is 0 Å². The molecule has 0 spiro atoms. The van der Waals surface area contributed by atoms with E-state index < -0.39 is 0 Å². The van der Waals surface area contributed by atoms with Crippen LogP contribution >= 0.6 is 11.6 Å². The predicted octanol–water partition coefficient (Wildman–Crippen LogP) is 3.14. The fourth-order valence-corrected chi connectivity index (χ4v) is 1.79. The van der Waals surface area contributed by atoms with Crippen LogP contribution in [0.25, 0.3) is 11.2 Å². The van der Waals surface area contributed by atoms with Gasteiger partial charge in [0.05, 0.1) is 5.02 Å². The number of hydrogen-bond acceptors (Lipinski definition) is 3. The van der Waals surface area contributed by atoms with Gasteiger partial charge in [0.2, 0.25) is 0 Å². The molecule has 2 heterocycles. The molecule has 0 amide bonds. The summed E-state index contributed by atoms with van der Waals surface area (Å²) < 4.78 is 5.59. The van der Waals surface area contributed by atoms with Crippen LogP contribution in [0.4, 0.5) is 0 Å². The zero-order valence-electron chi connectivity index (χ0n) is 7.53. The molecule has 1 aliphatic rings. The van der Waals surface area contributed by atoms with Crippen molar-refractivity contribution in [2.75, 3.05) is 0 Å². The normalized spacial score (nSPS) is 17.2. The van der Waals surface area contributed by atoms with Crippen LogP contribution in [0, 0.1) is 0 Å². The average Bonchev–Trinajstić information content (AvgIpc) is 2.43. The Labute approximate surface area is 86.1 Å². The van der Waals surface area contributed by atoms with Gasteiger partial charge in [-0.25, -0.2) is 4.98 Å². The van der Waals surface area contributed by atoms with Gasteiger partial charge in [0.15, 0.2) is 17.1 Å². The highest BCUT2D eigenvalue weighted by Gasteiger charge is 2.24. The first-order chi connectivity index (χ1) is 6.83. The molecule has 0 aliphatic heterocycles. The molecule has 0 radical (unpaired) electrons. The molecule has 3 nitrogen and oxygen atoms in total. The lowest BCUT2D eigenvalue weighted by atomic mass is 9.85. The molecular formula is C10H9ClN2O. The van der Waals surface area contributed by atoms with Crippen molar-refractivity contribution < 1.29 is 4.42 Å². The largest absolute Gasteiger partial charge is 0.439 e. The van der Waals surface area contributed by atoms with E-state index in [9.17, 15) is 0 Å². The topological polar surface area (TPSA) is 38.9 Å². The summed E-state index contributed by atoms with van der Waals surface area (Å²) in [5.41, 5.74) is 1.36. The number of aromatic nitrogens is 2. The Morgan fingerprint density at radius 3 is 3.00 bits per heavy atom. The molecule has 0 saturated heterocycles. The Kier molecular flexibility index (Phi) is 1.74. The van der Waals surface area contributed by atoms with Crippen LogP contribution in [-0.2, 0) is 0 Å². The lowest BCUT2D eigenvalue weighted by Gasteiger charge is -2.21. The van der Waals surface area contributed by atoms with Crippen LogP contribution in [0.3, 0.4) is 0 Å². The third kappa shape index (κ3) is 1.20. The molecule has 0 bridgehead atoms. The number of fused-ring (bicyclic) bond motifs is 1. The van der Waals surface area contributed by atoms with Gasteiger partial charge in [-0.1, -0.05) is 18.0 Å². The van der Waals surface area contributed by atoms with Gasteiger partial charge >= 0.3 is 0 Å².